The molecule has 0 unspecified atom stereocenters. The van der Waals surface area contributed by atoms with Crippen LogP contribution in [-0.2, 0) is 11.4 Å². The van der Waals surface area contributed by atoms with E-state index in [9.17, 15) is 9.59 Å². The first kappa shape index (κ1) is 20.5. The largest absolute Gasteiger partial charge is 0.487 e. The summed E-state index contributed by atoms with van der Waals surface area (Å²) in [6.07, 6.45) is 8.89. The molecule has 2 aromatic heterocycles. The van der Waals surface area contributed by atoms with Gasteiger partial charge in [0, 0.05) is 18.0 Å². The molecule has 1 aromatic carbocycles. The number of amides is 1. The molecule has 2 heterocycles. The monoisotopic (exact) mass is 443 g/mol. The normalized spacial score (nSPS) is 27.6. The van der Waals surface area contributed by atoms with E-state index in [4.69, 9.17) is 4.74 Å². The first-order valence-electron chi connectivity index (χ1n) is 12.0. The van der Waals surface area contributed by atoms with Crippen molar-refractivity contribution in [3.05, 3.63) is 70.3 Å². The predicted molar refractivity (Wildman–Crippen MR) is 126 cm³/mol. The van der Waals surface area contributed by atoms with Gasteiger partial charge in [0.05, 0.1) is 11.1 Å². The van der Waals surface area contributed by atoms with Crippen LogP contribution in [0.5, 0.6) is 5.75 Å². The van der Waals surface area contributed by atoms with Crippen LogP contribution >= 0.6 is 0 Å². The summed E-state index contributed by atoms with van der Waals surface area (Å²) < 4.78 is 7.41. The Hall–Kier alpha value is -3.15. The van der Waals surface area contributed by atoms with Gasteiger partial charge >= 0.3 is 0 Å². The molecule has 4 saturated carbocycles. The molecule has 0 saturated heterocycles. The number of hydrogen-bond acceptors (Lipinski definition) is 4. The SMILES string of the molecule is Cc1cccn2c(=O)cc(COc3ccc(NC(=O)C45CC6CC(CC(C6)C4)C5)cc3)nc12. The number of anilines is 1. The highest BCUT2D eigenvalue weighted by Crippen LogP contribution is 2.60. The minimum atomic E-state index is -0.155. The lowest BCUT2D eigenvalue weighted by Crippen LogP contribution is -2.51. The third-order valence-corrected chi connectivity index (χ3v) is 7.96. The Bertz CT molecular complexity index is 1240. The maximum atomic E-state index is 13.2. The van der Waals surface area contributed by atoms with Crippen LogP contribution in [0.15, 0.2) is 53.5 Å². The molecule has 4 aliphatic rings. The van der Waals surface area contributed by atoms with Crippen LogP contribution in [-0.4, -0.2) is 15.3 Å². The van der Waals surface area contributed by atoms with Crippen molar-refractivity contribution in [1.82, 2.24) is 9.38 Å². The lowest BCUT2D eigenvalue weighted by Gasteiger charge is -2.55. The van der Waals surface area contributed by atoms with Gasteiger partial charge in [0.2, 0.25) is 5.91 Å². The Kier molecular flexibility index (Phi) is 4.78. The topological polar surface area (TPSA) is 72.7 Å². The van der Waals surface area contributed by atoms with Gasteiger partial charge in [-0.2, -0.15) is 0 Å². The van der Waals surface area contributed by atoms with Crippen LogP contribution in [0.25, 0.3) is 5.65 Å². The summed E-state index contributed by atoms with van der Waals surface area (Å²) in [6, 6.07) is 12.8. The highest BCUT2D eigenvalue weighted by Gasteiger charge is 2.54. The maximum absolute atomic E-state index is 13.2. The van der Waals surface area contributed by atoms with Crippen molar-refractivity contribution in [2.75, 3.05) is 5.32 Å². The number of nitrogens with one attached hydrogen (secondary N) is 1. The maximum Gasteiger partial charge on any atom is 0.258 e. The molecule has 3 aromatic rings. The Balaban J connectivity index is 1.12. The molecule has 33 heavy (non-hydrogen) atoms. The van der Waals surface area contributed by atoms with Gasteiger partial charge in [-0.1, -0.05) is 6.07 Å². The molecular formula is C27H29N3O3. The van der Waals surface area contributed by atoms with Crippen molar-refractivity contribution in [3.8, 4) is 5.75 Å². The summed E-state index contributed by atoms with van der Waals surface area (Å²) in [7, 11) is 0. The van der Waals surface area contributed by atoms with Crippen molar-refractivity contribution >= 4 is 17.2 Å². The van der Waals surface area contributed by atoms with E-state index in [2.05, 4.69) is 10.3 Å². The second-order valence-electron chi connectivity index (χ2n) is 10.4. The summed E-state index contributed by atoms with van der Waals surface area (Å²) in [5.41, 5.74) is 2.71. The zero-order chi connectivity index (χ0) is 22.6. The number of fused-ring (bicyclic) bond motifs is 1. The van der Waals surface area contributed by atoms with E-state index >= 15 is 0 Å². The van der Waals surface area contributed by atoms with E-state index in [0.717, 1.165) is 48.3 Å². The number of carbonyl (C=O) groups is 1. The van der Waals surface area contributed by atoms with Crippen LogP contribution in [0.2, 0.25) is 0 Å². The molecule has 6 nitrogen and oxygen atoms in total. The molecule has 170 valence electrons. The quantitative estimate of drug-likeness (QED) is 0.618. The molecule has 1 N–H and O–H groups in total. The average Bonchev–Trinajstić information content (AvgIpc) is 2.78. The lowest BCUT2D eigenvalue weighted by atomic mass is 9.49. The number of rotatable bonds is 5. The highest BCUT2D eigenvalue weighted by molar-refractivity contribution is 5.95. The van der Waals surface area contributed by atoms with Gasteiger partial charge in [0.1, 0.15) is 18.0 Å². The standard InChI is InChI=1S/C27H29N3O3/c1-17-3-2-8-30-24(31)12-22(28-25(17)30)16-33-23-6-4-21(5-7-23)29-26(32)27-13-18-9-19(14-27)11-20(10-18)15-27/h2-8,12,18-20H,9-11,13-16H2,1H3,(H,29,32). The van der Waals surface area contributed by atoms with Crippen LogP contribution in [0.1, 0.15) is 49.8 Å². The van der Waals surface area contributed by atoms with Crippen molar-refractivity contribution < 1.29 is 9.53 Å². The van der Waals surface area contributed by atoms with E-state index in [-0.39, 0.29) is 23.5 Å². The Labute approximate surface area is 193 Å². The molecule has 4 aliphatic carbocycles. The van der Waals surface area contributed by atoms with Crippen LogP contribution < -0.4 is 15.6 Å². The smallest absolute Gasteiger partial charge is 0.258 e. The van der Waals surface area contributed by atoms with E-state index < -0.39 is 0 Å². The van der Waals surface area contributed by atoms with Gasteiger partial charge < -0.3 is 10.1 Å². The summed E-state index contributed by atoms with van der Waals surface area (Å²) in [5.74, 6) is 3.12. The van der Waals surface area contributed by atoms with Crippen LogP contribution in [0.3, 0.4) is 0 Å². The molecule has 4 fully saturated rings. The van der Waals surface area contributed by atoms with E-state index in [1.165, 1.54) is 25.3 Å². The number of carbonyl (C=O) groups excluding carboxylic acids is 1. The third-order valence-electron chi connectivity index (χ3n) is 7.96. The minimum Gasteiger partial charge on any atom is -0.487 e. The fraction of sp³-hybridized carbons (Fsp3) is 0.444. The Morgan fingerprint density at radius 2 is 1.76 bits per heavy atom. The Morgan fingerprint density at radius 3 is 2.42 bits per heavy atom. The summed E-state index contributed by atoms with van der Waals surface area (Å²) in [6.45, 7) is 2.14. The van der Waals surface area contributed by atoms with Gasteiger partial charge in [-0.25, -0.2) is 4.98 Å². The van der Waals surface area contributed by atoms with Gasteiger partial charge in [0.25, 0.3) is 5.56 Å². The molecule has 0 radical (unpaired) electrons. The van der Waals surface area contributed by atoms with E-state index in [0.29, 0.717) is 17.1 Å². The van der Waals surface area contributed by atoms with Crippen LogP contribution in [0, 0.1) is 30.1 Å². The summed E-state index contributed by atoms with van der Waals surface area (Å²) in [4.78, 5) is 30.2. The summed E-state index contributed by atoms with van der Waals surface area (Å²) >= 11 is 0. The minimum absolute atomic E-state index is 0.120. The molecule has 0 spiro atoms. The zero-order valence-corrected chi connectivity index (χ0v) is 18.9. The second kappa shape index (κ2) is 7.72. The number of aromatic nitrogens is 2. The fourth-order valence-corrected chi connectivity index (χ4v) is 6.83. The predicted octanol–water partition coefficient (Wildman–Crippen LogP) is 4.74. The van der Waals surface area contributed by atoms with Crippen molar-refractivity contribution in [2.45, 2.75) is 52.1 Å². The molecule has 1 amide bonds. The van der Waals surface area contributed by atoms with E-state index in [1.54, 1.807) is 10.6 Å². The average molecular weight is 444 g/mol. The van der Waals surface area contributed by atoms with Gasteiger partial charge in [0.15, 0.2) is 0 Å². The lowest BCUT2D eigenvalue weighted by molar-refractivity contribution is -0.140. The molecule has 7 rings (SSSR count). The van der Waals surface area contributed by atoms with Crippen molar-refractivity contribution in [2.24, 2.45) is 23.2 Å². The number of hydrogen-bond donors (Lipinski definition) is 1. The molecule has 4 bridgehead atoms. The number of pyridine rings is 1. The number of aryl methyl sites for hydroxylation is 1. The molecule has 0 atom stereocenters. The van der Waals surface area contributed by atoms with Crippen LogP contribution in [0.4, 0.5) is 5.69 Å². The number of benzene rings is 1. The third kappa shape index (κ3) is 3.71. The highest BCUT2D eigenvalue weighted by atomic mass is 16.5. The first-order chi connectivity index (χ1) is 16.0. The fourth-order valence-electron chi connectivity index (χ4n) is 6.83. The first-order valence-corrected chi connectivity index (χ1v) is 12.0. The summed E-state index contributed by atoms with van der Waals surface area (Å²) in [5, 5.41) is 3.18. The molecular weight excluding hydrogens is 414 g/mol. The van der Waals surface area contributed by atoms with Gasteiger partial charge in [-0.15, -0.1) is 0 Å². The molecule has 0 aliphatic heterocycles. The number of ether oxygens (including phenoxy) is 1. The zero-order valence-electron chi connectivity index (χ0n) is 18.9. The van der Waals surface area contributed by atoms with Crippen molar-refractivity contribution in [1.29, 1.82) is 0 Å². The van der Waals surface area contributed by atoms with Gasteiger partial charge in [-0.3, -0.25) is 14.0 Å². The van der Waals surface area contributed by atoms with Gasteiger partial charge in [-0.05, 0) is 99.1 Å². The van der Waals surface area contributed by atoms with Crippen molar-refractivity contribution in [3.63, 3.8) is 0 Å². The molecule has 6 heteroatoms. The second-order valence-corrected chi connectivity index (χ2v) is 10.4. The number of nitrogens with zero attached hydrogens (tertiary/aromatic N) is 2. The van der Waals surface area contributed by atoms with E-state index in [1.807, 2.05) is 43.3 Å². The Morgan fingerprint density at radius 1 is 1.09 bits per heavy atom.